The van der Waals surface area contributed by atoms with Gasteiger partial charge in [0.15, 0.2) is 13.2 Å². The van der Waals surface area contributed by atoms with Crippen molar-refractivity contribution in [3.63, 3.8) is 0 Å². The van der Waals surface area contributed by atoms with Crippen molar-refractivity contribution in [1.29, 1.82) is 0 Å². The maximum atomic E-state index is 14.7. The van der Waals surface area contributed by atoms with Crippen molar-refractivity contribution in [2.45, 2.75) is 180 Å². The molecule has 2 bridgehead atoms. The van der Waals surface area contributed by atoms with E-state index in [0.717, 1.165) is 12.0 Å². The number of hydrogen-bond donors (Lipinski definition) is 1. The van der Waals surface area contributed by atoms with Gasteiger partial charge in [0.25, 0.3) is 11.7 Å². The Morgan fingerprint density at radius 2 is 1.51 bits per heavy atom. The van der Waals surface area contributed by atoms with Crippen molar-refractivity contribution >= 4 is 36.6 Å². The van der Waals surface area contributed by atoms with Gasteiger partial charge in [-0.2, -0.15) is 0 Å². The number of cyclic esters (lactones) is 1. The summed E-state index contributed by atoms with van der Waals surface area (Å²) in [6.45, 7) is 17.7. The van der Waals surface area contributed by atoms with Crippen molar-refractivity contribution in [3.05, 3.63) is 47.6 Å². The van der Waals surface area contributed by atoms with Crippen molar-refractivity contribution in [2.24, 2.45) is 35.5 Å². The maximum absolute atomic E-state index is 14.7. The van der Waals surface area contributed by atoms with E-state index >= 15 is 0 Å². The largest absolute Gasteiger partial charge is 0.460 e. The second-order valence-corrected chi connectivity index (χ2v) is 25.1. The molecule has 2 saturated heterocycles. The molecule has 18 heteroatoms. The number of Topliss-reactive ketones (excluding diaryl/α,β-unsaturated/α-hetero) is 3. The lowest BCUT2D eigenvalue weighted by molar-refractivity contribution is -0.266. The van der Waals surface area contributed by atoms with Crippen LogP contribution in [-0.2, 0) is 71.0 Å². The normalized spacial score (nSPS) is 36.5. The Morgan fingerprint density at radius 3 is 2.18 bits per heavy atom. The topological polar surface area (TPSA) is 209 Å². The number of carbonyl (C=O) groups excluding carboxylic acids is 5. The fourth-order valence-electron chi connectivity index (χ4n) is 11.3. The SMILES string of the molecule is COCCOCCO[C@@H]1C[C@@H]2CC[C@@H](C)[C@@](O)(O2)C(=O)C(=O)N2CCCC[C@H]2C(=O)O[C@H]([C@H](C)C[C@@H]2CC[C@@H](OP(C)(C)=O)[C@H](OC)C2)CC(=O)[C@H](C)/C=C(\C)[C@@H](OC)[C@@H](OC)C(=O)[C@H](C)C[C@H](C)/C=C/C=C/C=C/1C. The average molecular weight is 1090 g/mol. The van der Waals surface area contributed by atoms with Crippen molar-refractivity contribution < 1.29 is 76.1 Å². The van der Waals surface area contributed by atoms with E-state index in [1.54, 1.807) is 54.4 Å². The predicted molar refractivity (Wildman–Crippen MR) is 290 cm³/mol. The van der Waals surface area contributed by atoms with E-state index in [4.69, 9.17) is 42.4 Å². The number of esters is 1. The van der Waals surface area contributed by atoms with Crippen LogP contribution >= 0.6 is 7.37 Å². The molecule has 1 amide bonds. The lowest BCUT2D eigenvalue weighted by Gasteiger charge is -2.43. The summed E-state index contributed by atoms with van der Waals surface area (Å²) in [4.78, 5) is 73.4. The molecule has 0 aromatic rings. The highest BCUT2D eigenvalue weighted by molar-refractivity contribution is 7.57. The van der Waals surface area contributed by atoms with Crippen LogP contribution in [0.25, 0.3) is 0 Å². The number of amides is 1. The zero-order chi connectivity index (χ0) is 56.3. The van der Waals surface area contributed by atoms with E-state index in [-0.39, 0.29) is 79.9 Å². The first-order valence-corrected chi connectivity index (χ1v) is 30.2. The highest BCUT2D eigenvalue weighted by atomic mass is 31.2. The van der Waals surface area contributed by atoms with Gasteiger partial charge in [-0.3, -0.25) is 23.7 Å². The van der Waals surface area contributed by atoms with E-state index in [1.807, 2.05) is 58.1 Å². The maximum Gasteiger partial charge on any atom is 0.329 e. The number of aliphatic hydroxyl groups is 1. The summed E-state index contributed by atoms with van der Waals surface area (Å²) in [6.07, 6.45) is 12.3. The Bertz CT molecular complexity index is 2070. The Labute approximate surface area is 454 Å². The molecule has 3 aliphatic heterocycles. The summed E-state index contributed by atoms with van der Waals surface area (Å²) in [5, 5.41) is 12.2. The molecule has 1 saturated carbocycles. The van der Waals surface area contributed by atoms with Crippen LogP contribution in [0.2, 0.25) is 0 Å². The summed E-state index contributed by atoms with van der Waals surface area (Å²) >= 11 is 0. The van der Waals surface area contributed by atoms with Crippen LogP contribution < -0.4 is 0 Å². The standard InChI is InChI=1S/C58H94NO16P/c1-37-19-15-14-16-20-38(2)49(72-30-29-71-28-27-67-8)35-45-24-22-43(7)58(65,74-45)55(62)56(63)59-26-18-17-21-46(59)57(64)73-50(40(4)33-44-23-25-48(51(34-44)68-9)75-76(12,13)66)36-47(60)39(3)32-42(6)53(69-10)54(70-11)52(61)41(5)31-37/h14-16,19-20,32,37,39-41,43-46,48-51,53-54,65H,17-18,21-31,33-36H2,1-13H3/b16-14+,19-15+,38-20+,42-32+/t37-,39-,40-,41-,43-,44+,45+,46+,48-,49-,50+,51-,53-,54+,58-/m1/s1. The van der Waals surface area contributed by atoms with Gasteiger partial charge in [0.2, 0.25) is 5.79 Å². The summed E-state index contributed by atoms with van der Waals surface area (Å²) in [7, 11) is 3.39. The van der Waals surface area contributed by atoms with E-state index in [0.29, 0.717) is 76.8 Å². The van der Waals surface area contributed by atoms with E-state index in [1.165, 1.54) is 19.1 Å². The van der Waals surface area contributed by atoms with Gasteiger partial charge in [-0.25, -0.2) is 4.79 Å². The first kappa shape index (κ1) is 65.3. The third kappa shape index (κ3) is 19.3. The molecule has 0 radical (unpaired) electrons. The Hall–Kier alpha value is -3.22. The molecular formula is C58H94NO16P. The number of rotatable bonds is 15. The smallest absolute Gasteiger partial charge is 0.329 e. The van der Waals surface area contributed by atoms with Crippen LogP contribution in [0.3, 0.4) is 0 Å². The van der Waals surface area contributed by atoms with Gasteiger partial charge >= 0.3 is 5.97 Å². The highest BCUT2D eigenvalue weighted by Crippen LogP contribution is 2.45. The summed E-state index contributed by atoms with van der Waals surface area (Å²) in [5.74, 6) is -7.82. The third-order valence-electron chi connectivity index (χ3n) is 15.8. The second kappa shape index (κ2) is 31.5. The molecule has 1 aliphatic carbocycles. The fourth-order valence-corrected chi connectivity index (χ4v) is 12.1. The molecule has 1 N–H and O–H groups in total. The first-order valence-electron chi connectivity index (χ1n) is 27.7. The number of hydrogen-bond acceptors (Lipinski definition) is 16. The van der Waals surface area contributed by atoms with Gasteiger partial charge in [0.1, 0.15) is 30.1 Å². The van der Waals surface area contributed by atoms with Gasteiger partial charge in [-0.05, 0) is 107 Å². The molecule has 0 spiro atoms. The number of ketones is 3. The number of piperidine rings is 1. The second-order valence-electron chi connectivity index (χ2n) is 22.4. The molecule has 0 aromatic heterocycles. The predicted octanol–water partition coefficient (Wildman–Crippen LogP) is 8.43. The summed E-state index contributed by atoms with van der Waals surface area (Å²) in [5.41, 5.74) is 1.48. The molecule has 4 aliphatic rings. The Balaban J connectivity index is 1.73. The van der Waals surface area contributed by atoms with Gasteiger partial charge in [0.05, 0.1) is 50.8 Å². The first-order chi connectivity index (χ1) is 36.0. The number of ether oxygens (including phenoxy) is 8. The molecule has 17 nitrogen and oxygen atoms in total. The van der Waals surface area contributed by atoms with Crippen LogP contribution in [0.15, 0.2) is 47.6 Å². The van der Waals surface area contributed by atoms with E-state index in [2.05, 4.69) is 0 Å². The van der Waals surface area contributed by atoms with Crippen molar-refractivity contribution in [2.75, 3.05) is 74.7 Å². The fraction of sp³-hybridized carbons (Fsp3) is 0.776. The average Bonchev–Trinajstić information content (AvgIpc) is 3.37. The van der Waals surface area contributed by atoms with Gasteiger partial charge < -0.3 is 52.4 Å². The molecule has 15 atom stereocenters. The van der Waals surface area contributed by atoms with E-state index < -0.39 is 79.2 Å². The highest BCUT2D eigenvalue weighted by Gasteiger charge is 2.53. The number of carbonyl (C=O) groups is 5. The molecule has 76 heavy (non-hydrogen) atoms. The molecule has 0 aromatic carbocycles. The lowest BCUT2D eigenvalue weighted by atomic mass is 9.78. The van der Waals surface area contributed by atoms with Crippen LogP contribution in [0.5, 0.6) is 0 Å². The zero-order valence-electron chi connectivity index (χ0n) is 48.0. The Morgan fingerprint density at radius 1 is 0.803 bits per heavy atom. The van der Waals surface area contributed by atoms with Crippen LogP contribution in [-0.4, -0.2) is 169 Å². The van der Waals surface area contributed by atoms with Crippen LogP contribution in [0.4, 0.5) is 0 Å². The lowest BCUT2D eigenvalue weighted by Crippen LogP contribution is -2.61. The number of allylic oxidation sites excluding steroid dienone is 6. The molecular weight excluding hydrogens is 998 g/mol. The monoisotopic (exact) mass is 1090 g/mol. The molecule has 4 rings (SSSR count). The molecule has 3 heterocycles. The zero-order valence-corrected chi connectivity index (χ0v) is 48.9. The minimum Gasteiger partial charge on any atom is -0.460 e. The Kier molecular flexibility index (Phi) is 27.1. The third-order valence-corrected chi connectivity index (χ3v) is 16.5. The summed E-state index contributed by atoms with van der Waals surface area (Å²) < 4.78 is 66.0. The molecule has 0 unspecified atom stereocenters. The van der Waals surface area contributed by atoms with Crippen molar-refractivity contribution in [1.82, 2.24) is 4.90 Å². The number of fused-ring (bicyclic) bond motifs is 3. The van der Waals surface area contributed by atoms with Gasteiger partial charge in [-0.15, -0.1) is 0 Å². The minimum atomic E-state index is -2.80. The van der Waals surface area contributed by atoms with E-state index in [9.17, 15) is 33.6 Å². The number of methoxy groups -OCH3 is 4. The van der Waals surface area contributed by atoms with Crippen LogP contribution in [0.1, 0.15) is 126 Å². The van der Waals surface area contributed by atoms with Crippen LogP contribution in [0, 0.1) is 35.5 Å². The van der Waals surface area contributed by atoms with Crippen molar-refractivity contribution in [3.8, 4) is 0 Å². The van der Waals surface area contributed by atoms with Gasteiger partial charge in [0, 0.05) is 78.9 Å². The summed E-state index contributed by atoms with van der Waals surface area (Å²) in [6, 6.07) is -1.16. The molecule has 3 fully saturated rings. The molecule has 432 valence electrons. The number of nitrogens with zero attached hydrogens (tertiary/aromatic N) is 1. The minimum absolute atomic E-state index is 0.0268. The van der Waals surface area contributed by atoms with Gasteiger partial charge in [-0.1, -0.05) is 71.1 Å². The quantitative estimate of drug-likeness (QED) is 0.0536.